The maximum Gasteiger partial charge on any atom is 0.260 e. The molecule has 0 aliphatic carbocycles. The number of sulfonamides is 1. The van der Waals surface area contributed by atoms with Crippen LogP contribution in [0.1, 0.15) is 29.3 Å². The number of fused-ring (bicyclic) bond motifs is 1. The second kappa shape index (κ2) is 13.5. The minimum absolute atomic E-state index is 0. The third kappa shape index (κ3) is 7.40. The highest BCUT2D eigenvalue weighted by molar-refractivity contribution is 7.89. The zero-order valence-corrected chi connectivity index (χ0v) is 24.4. The van der Waals surface area contributed by atoms with Gasteiger partial charge in [-0.25, -0.2) is 17.8 Å². The standard InChI is InChI=1S/C28H31FN4O3S2.ClH/c1-4-32(20-21-9-6-5-7-10-21)38(35,36)24-14-11-22(12-15-24)27(34)33(18-8-17-31(2)3)28-30-25-16-13-23(29)19-26(25)37-28;/h5-7,9-16,19H,4,8,17-18,20H2,1-3H3;1H/p-1. The predicted molar refractivity (Wildman–Crippen MR) is 151 cm³/mol. The van der Waals surface area contributed by atoms with E-state index in [2.05, 4.69) is 4.98 Å². The number of thiazole rings is 1. The van der Waals surface area contributed by atoms with E-state index in [9.17, 15) is 17.6 Å². The van der Waals surface area contributed by atoms with Crippen molar-refractivity contribution in [3.8, 4) is 0 Å². The van der Waals surface area contributed by atoms with E-state index in [0.29, 0.717) is 40.4 Å². The fraction of sp³-hybridized carbons (Fsp3) is 0.286. The Kier molecular flexibility index (Phi) is 10.6. The lowest BCUT2D eigenvalue weighted by atomic mass is 10.2. The van der Waals surface area contributed by atoms with Gasteiger partial charge in [0.2, 0.25) is 10.0 Å². The van der Waals surface area contributed by atoms with E-state index in [1.54, 1.807) is 17.9 Å². The first kappa shape index (κ1) is 30.6. The summed E-state index contributed by atoms with van der Waals surface area (Å²) in [7, 11) is 0.171. The van der Waals surface area contributed by atoms with Crippen molar-refractivity contribution >= 4 is 42.6 Å². The number of rotatable bonds is 11. The third-order valence-electron chi connectivity index (χ3n) is 6.10. The molecule has 39 heavy (non-hydrogen) atoms. The van der Waals surface area contributed by atoms with Gasteiger partial charge in [-0.1, -0.05) is 48.6 Å². The highest BCUT2D eigenvalue weighted by Gasteiger charge is 2.25. The molecule has 4 rings (SSSR count). The third-order valence-corrected chi connectivity index (χ3v) is 9.07. The van der Waals surface area contributed by atoms with E-state index in [1.807, 2.05) is 49.3 Å². The van der Waals surface area contributed by atoms with Crippen molar-refractivity contribution in [1.29, 1.82) is 0 Å². The summed E-state index contributed by atoms with van der Waals surface area (Å²) < 4.78 is 42.5. The number of amides is 1. The molecular weight excluding hydrogens is 559 g/mol. The second-order valence-electron chi connectivity index (χ2n) is 9.16. The van der Waals surface area contributed by atoms with Gasteiger partial charge >= 0.3 is 0 Å². The molecule has 0 saturated carbocycles. The number of anilines is 1. The Morgan fingerprint density at radius 3 is 2.31 bits per heavy atom. The van der Waals surface area contributed by atoms with E-state index in [4.69, 9.17) is 0 Å². The average Bonchev–Trinajstić information content (AvgIpc) is 3.32. The summed E-state index contributed by atoms with van der Waals surface area (Å²) in [6, 6.07) is 19.8. The molecule has 0 N–H and O–H groups in total. The zero-order valence-electron chi connectivity index (χ0n) is 22.0. The van der Waals surface area contributed by atoms with E-state index in [1.165, 1.54) is 52.0 Å². The Labute approximate surface area is 239 Å². The molecule has 4 aromatic rings. The monoisotopic (exact) mass is 589 g/mol. The molecule has 11 heteroatoms. The molecule has 1 amide bonds. The van der Waals surface area contributed by atoms with Crippen LogP contribution in [-0.4, -0.2) is 62.2 Å². The first-order valence-corrected chi connectivity index (χ1v) is 14.6. The van der Waals surface area contributed by atoms with Crippen LogP contribution in [-0.2, 0) is 16.6 Å². The van der Waals surface area contributed by atoms with Crippen LogP contribution in [0.4, 0.5) is 9.52 Å². The topological polar surface area (TPSA) is 73.8 Å². The molecule has 0 saturated heterocycles. The Balaban J connectivity index is 0.00000420. The number of carbonyl (C=O) groups excluding carboxylic acids is 1. The van der Waals surface area contributed by atoms with E-state index >= 15 is 0 Å². The highest BCUT2D eigenvalue weighted by Crippen LogP contribution is 2.31. The van der Waals surface area contributed by atoms with Crippen molar-refractivity contribution in [3.63, 3.8) is 0 Å². The smallest absolute Gasteiger partial charge is 0.260 e. The van der Waals surface area contributed by atoms with Gasteiger partial charge in [0.15, 0.2) is 5.13 Å². The van der Waals surface area contributed by atoms with Crippen molar-refractivity contribution in [1.82, 2.24) is 14.2 Å². The number of hydrogen-bond acceptors (Lipinski definition) is 6. The van der Waals surface area contributed by atoms with Crippen molar-refractivity contribution in [2.75, 3.05) is 38.6 Å². The number of benzene rings is 3. The van der Waals surface area contributed by atoms with Crippen LogP contribution in [0, 0.1) is 5.82 Å². The van der Waals surface area contributed by atoms with E-state index < -0.39 is 10.0 Å². The molecule has 0 radical (unpaired) electrons. The summed E-state index contributed by atoms with van der Waals surface area (Å²) in [6.45, 7) is 3.57. The Morgan fingerprint density at radius 1 is 0.974 bits per heavy atom. The molecule has 0 unspecified atom stereocenters. The number of halogens is 2. The Morgan fingerprint density at radius 2 is 1.67 bits per heavy atom. The van der Waals surface area contributed by atoms with Gasteiger partial charge in [0.05, 0.1) is 15.1 Å². The number of carbonyl (C=O) groups is 1. The zero-order chi connectivity index (χ0) is 27.3. The molecule has 7 nitrogen and oxygen atoms in total. The largest absolute Gasteiger partial charge is 1.00 e. The summed E-state index contributed by atoms with van der Waals surface area (Å²) >= 11 is 1.25. The number of aromatic nitrogens is 1. The van der Waals surface area contributed by atoms with Gasteiger partial charge in [-0.3, -0.25) is 9.69 Å². The van der Waals surface area contributed by atoms with E-state index in [0.717, 1.165) is 12.1 Å². The fourth-order valence-corrected chi connectivity index (χ4v) is 6.51. The van der Waals surface area contributed by atoms with Gasteiger partial charge in [0, 0.05) is 25.2 Å². The van der Waals surface area contributed by atoms with Gasteiger partial charge in [-0.2, -0.15) is 4.31 Å². The maximum absolute atomic E-state index is 13.7. The van der Waals surface area contributed by atoms with Crippen LogP contribution in [0.5, 0.6) is 0 Å². The van der Waals surface area contributed by atoms with Crippen molar-refractivity contribution in [2.24, 2.45) is 0 Å². The van der Waals surface area contributed by atoms with Crippen molar-refractivity contribution < 1.29 is 30.0 Å². The summed E-state index contributed by atoms with van der Waals surface area (Å²) in [5.41, 5.74) is 1.87. The van der Waals surface area contributed by atoms with Crippen molar-refractivity contribution in [2.45, 2.75) is 24.8 Å². The molecule has 208 valence electrons. The normalized spacial score (nSPS) is 11.6. The van der Waals surface area contributed by atoms with Crippen LogP contribution in [0.15, 0.2) is 77.7 Å². The van der Waals surface area contributed by atoms with Crippen LogP contribution in [0.2, 0.25) is 0 Å². The summed E-state index contributed by atoms with van der Waals surface area (Å²) in [4.78, 5) is 21.9. The fourth-order valence-electron chi connectivity index (χ4n) is 4.06. The van der Waals surface area contributed by atoms with Gasteiger partial charge in [-0.15, -0.1) is 0 Å². The van der Waals surface area contributed by atoms with Gasteiger partial charge in [-0.05, 0) is 75.1 Å². The summed E-state index contributed by atoms with van der Waals surface area (Å²) in [5, 5.41) is 0.478. The molecule has 0 aliphatic rings. The SMILES string of the molecule is CCN(Cc1ccccc1)S(=O)(=O)c1ccc(C(=O)N(CCCN(C)C)c2nc3ccc(F)cc3s2)cc1.[Cl-]. The van der Waals surface area contributed by atoms with Crippen LogP contribution >= 0.6 is 11.3 Å². The van der Waals surface area contributed by atoms with E-state index in [-0.39, 0.29) is 35.6 Å². The molecule has 3 aromatic carbocycles. The number of nitrogens with zero attached hydrogens (tertiary/aromatic N) is 4. The molecule has 0 atom stereocenters. The maximum atomic E-state index is 13.7. The lowest BCUT2D eigenvalue weighted by molar-refractivity contribution is -0.0000184. The molecule has 0 bridgehead atoms. The van der Waals surface area contributed by atoms with Gasteiger partial charge in [0.25, 0.3) is 5.91 Å². The lowest BCUT2D eigenvalue weighted by Crippen LogP contribution is -3.00. The first-order chi connectivity index (χ1) is 18.2. The molecule has 0 aliphatic heterocycles. The minimum Gasteiger partial charge on any atom is -1.00 e. The van der Waals surface area contributed by atoms with Crippen LogP contribution in [0.3, 0.4) is 0 Å². The molecule has 0 spiro atoms. The molecule has 0 fully saturated rings. The lowest BCUT2D eigenvalue weighted by Gasteiger charge is -2.22. The molecule has 1 heterocycles. The molecule has 1 aromatic heterocycles. The van der Waals surface area contributed by atoms with Crippen LogP contribution in [0.25, 0.3) is 10.2 Å². The quantitative estimate of drug-likeness (QED) is 0.268. The summed E-state index contributed by atoms with van der Waals surface area (Å²) in [5.74, 6) is -0.646. The second-order valence-corrected chi connectivity index (χ2v) is 12.1. The predicted octanol–water partition coefficient (Wildman–Crippen LogP) is 2.25. The summed E-state index contributed by atoms with van der Waals surface area (Å²) in [6.07, 6.45) is 0.709. The van der Waals surface area contributed by atoms with Crippen molar-refractivity contribution in [3.05, 3.63) is 89.7 Å². The van der Waals surface area contributed by atoms with Crippen LogP contribution < -0.4 is 17.3 Å². The minimum atomic E-state index is -3.75. The number of hydrogen-bond donors (Lipinski definition) is 0. The van der Waals surface area contributed by atoms with Gasteiger partial charge < -0.3 is 17.3 Å². The molecular formula is C28H31ClFN4O3S2-. The van der Waals surface area contributed by atoms with Gasteiger partial charge in [0.1, 0.15) is 5.82 Å². The first-order valence-electron chi connectivity index (χ1n) is 12.4. The Bertz CT molecular complexity index is 1500. The highest BCUT2D eigenvalue weighted by atomic mass is 35.5. The average molecular weight is 590 g/mol. The Hall–Kier alpha value is -2.89.